The molecule has 0 spiro atoms. The summed E-state index contributed by atoms with van der Waals surface area (Å²) in [5.74, 6) is 0.535. The second-order valence-corrected chi connectivity index (χ2v) is 11.3. The molecule has 0 aromatic heterocycles. The van der Waals surface area contributed by atoms with Crippen LogP contribution in [-0.4, -0.2) is 36.6 Å². The van der Waals surface area contributed by atoms with Crippen LogP contribution in [0, 0.1) is 0 Å². The van der Waals surface area contributed by atoms with Crippen LogP contribution in [0.3, 0.4) is 0 Å². The van der Waals surface area contributed by atoms with Gasteiger partial charge in [0.1, 0.15) is 18.1 Å². The van der Waals surface area contributed by atoms with Crippen molar-refractivity contribution in [3.63, 3.8) is 0 Å². The lowest BCUT2D eigenvalue weighted by molar-refractivity contribution is 0.674. The molecule has 0 unspecified atom stereocenters. The summed E-state index contributed by atoms with van der Waals surface area (Å²) in [6, 6.07) is 16.0. The fraction of sp³-hybridized carbons (Fsp3) is 0.176. The third kappa shape index (κ3) is 2.37. The lowest BCUT2D eigenvalue weighted by atomic mass is 9.90. The van der Waals surface area contributed by atoms with Crippen LogP contribution < -0.4 is 10.4 Å². The molecule has 0 amide bonds. The lowest BCUT2D eigenvalue weighted by Crippen LogP contribution is -2.31. The molecule has 1 nitrogen and oxygen atoms in total. The normalized spacial score (nSPS) is 15.2. The Morgan fingerprint density at radius 3 is 1.82 bits per heavy atom. The molecule has 1 aliphatic heterocycles. The Bertz CT molecular complexity index is 796. The van der Waals surface area contributed by atoms with Crippen molar-refractivity contribution in [3.8, 4) is 0 Å². The van der Waals surface area contributed by atoms with Crippen molar-refractivity contribution in [1.29, 1.82) is 0 Å². The highest BCUT2D eigenvalue weighted by molar-refractivity contribution is 7.12. The lowest BCUT2D eigenvalue weighted by Gasteiger charge is -2.19. The maximum atomic E-state index is 5.92. The first-order chi connectivity index (χ1) is 10.8. The zero-order valence-corrected chi connectivity index (χ0v) is 16.5. The molecule has 104 valence electrons. The fourth-order valence-corrected chi connectivity index (χ4v) is 9.82. The molecule has 0 aliphatic carbocycles. The van der Waals surface area contributed by atoms with Crippen LogP contribution in [0.25, 0.3) is 21.5 Å². The molecule has 0 saturated carbocycles. The Morgan fingerprint density at radius 2 is 1.32 bits per heavy atom. The van der Waals surface area contributed by atoms with E-state index in [-0.39, 0.29) is 0 Å². The van der Waals surface area contributed by atoms with Crippen molar-refractivity contribution in [2.24, 2.45) is 0 Å². The van der Waals surface area contributed by atoms with Crippen molar-refractivity contribution in [2.75, 3.05) is 0 Å². The Kier molecular flexibility index (Phi) is 3.91. The zero-order valence-electron chi connectivity index (χ0n) is 12.5. The molecular formula is C17H14OSi4. The zero-order chi connectivity index (χ0) is 15.1. The number of hydrogen-bond donors (Lipinski definition) is 0. The summed E-state index contributed by atoms with van der Waals surface area (Å²) in [6.45, 7) is 4.63. The molecule has 0 N–H and O–H groups in total. The fourth-order valence-electron chi connectivity index (χ4n) is 3.23. The first-order valence-electron chi connectivity index (χ1n) is 7.42. The van der Waals surface area contributed by atoms with Gasteiger partial charge in [0.25, 0.3) is 0 Å². The monoisotopic (exact) mass is 346 g/mol. The third-order valence-corrected chi connectivity index (χ3v) is 10.6. The van der Waals surface area contributed by atoms with Gasteiger partial charge in [0.05, 0.1) is 0 Å². The van der Waals surface area contributed by atoms with E-state index in [4.69, 9.17) is 4.12 Å². The van der Waals surface area contributed by atoms with E-state index < -0.39 is 0 Å². The second kappa shape index (κ2) is 5.90. The molecule has 4 rings (SSSR count). The Hall–Kier alpha value is -0.992. The Labute approximate surface area is 140 Å². The molecule has 22 heavy (non-hydrogen) atoms. The van der Waals surface area contributed by atoms with Crippen molar-refractivity contribution >= 4 is 68.6 Å². The summed E-state index contributed by atoms with van der Waals surface area (Å²) in [5, 5.41) is 8.67. The van der Waals surface area contributed by atoms with Crippen LogP contribution in [0.4, 0.5) is 0 Å². The van der Waals surface area contributed by atoms with Gasteiger partial charge in [-0.05, 0) is 39.1 Å². The van der Waals surface area contributed by atoms with Crippen LogP contribution in [0.15, 0.2) is 42.5 Å². The van der Waals surface area contributed by atoms with Crippen molar-refractivity contribution in [2.45, 2.75) is 19.8 Å². The van der Waals surface area contributed by atoms with Crippen molar-refractivity contribution in [1.82, 2.24) is 0 Å². The van der Waals surface area contributed by atoms with E-state index in [2.05, 4.69) is 56.3 Å². The van der Waals surface area contributed by atoms with Gasteiger partial charge in [0.15, 0.2) is 18.6 Å². The second-order valence-electron chi connectivity index (χ2n) is 5.80. The number of hydrogen-bond acceptors (Lipinski definition) is 1. The van der Waals surface area contributed by atoms with Gasteiger partial charge in [-0.3, -0.25) is 0 Å². The molecule has 0 atom stereocenters. The predicted molar refractivity (Wildman–Crippen MR) is 98.9 cm³/mol. The minimum atomic E-state index is 0.535. The largest absolute Gasteiger partial charge is 0.461 e. The summed E-state index contributed by atoms with van der Waals surface area (Å²) in [5.41, 5.74) is 1.51. The first kappa shape index (κ1) is 14.6. The van der Waals surface area contributed by atoms with Crippen LogP contribution in [0.2, 0.25) is 0 Å². The van der Waals surface area contributed by atoms with Crippen molar-refractivity contribution in [3.05, 3.63) is 48.0 Å². The van der Waals surface area contributed by atoms with Crippen LogP contribution >= 0.6 is 0 Å². The SMILES string of the molecule is CC(C)c1c2cccc3c2cc2c(cccc12)[Si][Si]O[Si][Si]3. The van der Waals surface area contributed by atoms with Gasteiger partial charge in [0.2, 0.25) is 0 Å². The van der Waals surface area contributed by atoms with Crippen LogP contribution in [0.1, 0.15) is 25.3 Å². The standard InChI is InChI=1S/C17H14OSi4/c1-10(2)17-11-5-3-7-15-13(11)9-14-12(17)6-4-8-16(14)20-22-18-21-19-15/h3-10H,1-2H3. The minimum absolute atomic E-state index is 0.535. The maximum absolute atomic E-state index is 5.92. The third-order valence-electron chi connectivity index (χ3n) is 4.13. The maximum Gasteiger partial charge on any atom is 0.196 e. The van der Waals surface area contributed by atoms with E-state index >= 15 is 0 Å². The molecular weight excluding hydrogens is 333 g/mol. The average molecular weight is 347 g/mol. The summed E-state index contributed by atoms with van der Waals surface area (Å²) in [4.78, 5) is 0. The van der Waals surface area contributed by atoms with Crippen LogP contribution in [0.5, 0.6) is 0 Å². The molecule has 0 saturated heterocycles. The molecule has 0 fully saturated rings. The summed E-state index contributed by atoms with van der Waals surface area (Å²) < 4.78 is 5.92. The van der Waals surface area contributed by atoms with Gasteiger partial charge in [-0.2, -0.15) is 0 Å². The van der Waals surface area contributed by atoms with Gasteiger partial charge < -0.3 is 4.12 Å². The molecule has 8 radical (unpaired) electrons. The Balaban J connectivity index is 2.20. The quantitative estimate of drug-likeness (QED) is 0.483. The van der Waals surface area contributed by atoms with Gasteiger partial charge in [-0.1, -0.05) is 60.6 Å². The minimum Gasteiger partial charge on any atom is -0.461 e. The van der Waals surface area contributed by atoms with E-state index in [1.807, 2.05) is 0 Å². The predicted octanol–water partition coefficient (Wildman–Crippen LogP) is 1.87. The molecule has 5 heteroatoms. The topological polar surface area (TPSA) is 9.23 Å². The number of rotatable bonds is 1. The highest BCUT2D eigenvalue weighted by Crippen LogP contribution is 2.32. The van der Waals surface area contributed by atoms with Gasteiger partial charge >= 0.3 is 0 Å². The summed E-state index contributed by atoms with van der Waals surface area (Å²) >= 11 is 0. The molecule has 3 aromatic rings. The van der Waals surface area contributed by atoms with Crippen LogP contribution in [-0.2, 0) is 4.12 Å². The average Bonchev–Trinajstić information content (AvgIpc) is 2.52. The van der Waals surface area contributed by atoms with E-state index in [1.54, 1.807) is 0 Å². The molecule has 3 aromatic carbocycles. The number of benzene rings is 3. The molecule has 1 aliphatic rings. The van der Waals surface area contributed by atoms with Gasteiger partial charge in [-0.15, -0.1) is 0 Å². The van der Waals surface area contributed by atoms with Crippen molar-refractivity contribution < 1.29 is 4.12 Å². The van der Waals surface area contributed by atoms with Gasteiger partial charge in [-0.25, -0.2) is 0 Å². The van der Waals surface area contributed by atoms with E-state index in [0.29, 0.717) is 24.5 Å². The highest BCUT2D eigenvalue weighted by Gasteiger charge is 2.16. The van der Waals surface area contributed by atoms with E-state index in [9.17, 15) is 0 Å². The first-order valence-corrected chi connectivity index (χ1v) is 13.2. The smallest absolute Gasteiger partial charge is 0.196 e. The Morgan fingerprint density at radius 1 is 0.773 bits per heavy atom. The highest BCUT2D eigenvalue weighted by atomic mass is 29.2. The van der Waals surface area contributed by atoms with E-state index in [0.717, 1.165) is 18.1 Å². The van der Waals surface area contributed by atoms with E-state index in [1.165, 1.54) is 37.5 Å². The van der Waals surface area contributed by atoms with Gasteiger partial charge in [0, 0.05) is 0 Å². The molecule has 2 bridgehead atoms. The molecule has 1 heterocycles. The summed E-state index contributed by atoms with van der Waals surface area (Å²) in [6.07, 6.45) is 0. The summed E-state index contributed by atoms with van der Waals surface area (Å²) in [7, 11) is 2.76.